The molecule has 1 nitrogen and oxygen atoms in total. The maximum atomic E-state index is 11.0. The summed E-state index contributed by atoms with van der Waals surface area (Å²) in [4.78, 5) is 0. The van der Waals surface area contributed by atoms with Gasteiger partial charge in [-0.2, -0.15) is 0 Å². The Morgan fingerprint density at radius 3 is 2.79 bits per heavy atom. The van der Waals surface area contributed by atoms with E-state index in [2.05, 4.69) is 32.0 Å². The molecular weight excluding hydrogens is 232 g/mol. The van der Waals surface area contributed by atoms with E-state index in [0.29, 0.717) is 5.92 Å². The highest BCUT2D eigenvalue weighted by molar-refractivity contribution is 5.36. The zero-order valence-electron chi connectivity index (χ0n) is 12.3. The molecular formula is C18H26O. The molecule has 3 unspecified atom stereocenters. The first-order valence-corrected chi connectivity index (χ1v) is 7.90. The van der Waals surface area contributed by atoms with E-state index < -0.39 is 5.60 Å². The first-order chi connectivity index (χ1) is 9.07. The van der Waals surface area contributed by atoms with Crippen molar-refractivity contribution in [2.24, 2.45) is 11.8 Å². The van der Waals surface area contributed by atoms with Crippen LogP contribution in [0.15, 0.2) is 18.2 Å². The molecule has 3 rings (SSSR count). The Morgan fingerprint density at radius 2 is 2.00 bits per heavy atom. The van der Waals surface area contributed by atoms with Crippen LogP contribution in [-0.4, -0.2) is 10.7 Å². The third kappa shape index (κ3) is 2.58. The third-order valence-corrected chi connectivity index (χ3v) is 5.42. The molecule has 1 heteroatoms. The van der Waals surface area contributed by atoms with Crippen molar-refractivity contribution in [3.8, 4) is 0 Å². The van der Waals surface area contributed by atoms with Gasteiger partial charge in [-0.25, -0.2) is 0 Å². The lowest BCUT2D eigenvalue weighted by Gasteiger charge is -2.41. The van der Waals surface area contributed by atoms with Crippen LogP contribution in [0.2, 0.25) is 0 Å². The SMILES string of the molecule is CC1CCC(O)(Cc2ccc3c(c2)CCC3)C(C)C1. The summed E-state index contributed by atoms with van der Waals surface area (Å²) < 4.78 is 0. The van der Waals surface area contributed by atoms with Gasteiger partial charge in [0.15, 0.2) is 0 Å². The van der Waals surface area contributed by atoms with Gasteiger partial charge in [-0.15, -0.1) is 0 Å². The third-order valence-electron chi connectivity index (χ3n) is 5.42. The van der Waals surface area contributed by atoms with E-state index in [-0.39, 0.29) is 0 Å². The second kappa shape index (κ2) is 4.94. The lowest BCUT2D eigenvalue weighted by Crippen LogP contribution is -2.43. The second-order valence-electron chi connectivity index (χ2n) is 7.02. The second-order valence-corrected chi connectivity index (χ2v) is 7.02. The molecule has 0 spiro atoms. The Balaban J connectivity index is 1.77. The first kappa shape index (κ1) is 13.2. The minimum Gasteiger partial charge on any atom is -0.389 e. The highest BCUT2D eigenvalue weighted by Crippen LogP contribution is 2.39. The van der Waals surface area contributed by atoms with Crippen LogP contribution >= 0.6 is 0 Å². The predicted molar refractivity (Wildman–Crippen MR) is 79.3 cm³/mol. The monoisotopic (exact) mass is 258 g/mol. The Bertz CT molecular complexity index is 465. The van der Waals surface area contributed by atoms with Crippen LogP contribution in [0.3, 0.4) is 0 Å². The topological polar surface area (TPSA) is 20.2 Å². The average molecular weight is 258 g/mol. The summed E-state index contributed by atoms with van der Waals surface area (Å²) >= 11 is 0. The van der Waals surface area contributed by atoms with Gasteiger partial charge in [-0.3, -0.25) is 0 Å². The van der Waals surface area contributed by atoms with Crippen molar-refractivity contribution >= 4 is 0 Å². The van der Waals surface area contributed by atoms with Gasteiger partial charge in [0, 0.05) is 6.42 Å². The number of fused-ring (bicyclic) bond motifs is 1. The van der Waals surface area contributed by atoms with E-state index in [1.165, 1.54) is 48.8 Å². The van der Waals surface area contributed by atoms with E-state index >= 15 is 0 Å². The van der Waals surface area contributed by atoms with Gasteiger partial charge in [0.1, 0.15) is 0 Å². The van der Waals surface area contributed by atoms with Gasteiger partial charge >= 0.3 is 0 Å². The molecule has 19 heavy (non-hydrogen) atoms. The van der Waals surface area contributed by atoms with Gasteiger partial charge in [0.25, 0.3) is 0 Å². The van der Waals surface area contributed by atoms with E-state index in [0.717, 1.165) is 18.8 Å². The Labute approximate surface area is 117 Å². The first-order valence-electron chi connectivity index (χ1n) is 7.90. The van der Waals surface area contributed by atoms with Gasteiger partial charge in [0.05, 0.1) is 5.60 Å². The van der Waals surface area contributed by atoms with Crippen LogP contribution in [0.4, 0.5) is 0 Å². The molecule has 2 aliphatic carbocycles. The lowest BCUT2D eigenvalue weighted by atomic mass is 9.70. The predicted octanol–water partition coefficient (Wildman–Crippen LogP) is 3.91. The molecule has 1 fully saturated rings. The average Bonchev–Trinajstić information content (AvgIpc) is 2.82. The van der Waals surface area contributed by atoms with Crippen LogP contribution in [-0.2, 0) is 19.3 Å². The molecule has 0 heterocycles. The van der Waals surface area contributed by atoms with Crippen molar-refractivity contribution < 1.29 is 5.11 Å². The van der Waals surface area contributed by atoms with Crippen molar-refractivity contribution in [1.29, 1.82) is 0 Å². The molecule has 2 aliphatic rings. The molecule has 0 amide bonds. The van der Waals surface area contributed by atoms with Crippen LogP contribution in [0.25, 0.3) is 0 Å². The van der Waals surface area contributed by atoms with Crippen molar-refractivity contribution in [3.63, 3.8) is 0 Å². The number of hydrogen-bond acceptors (Lipinski definition) is 1. The minimum absolute atomic E-state index is 0.421. The van der Waals surface area contributed by atoms with E-state index in [9.17, 15) is 5.11 Å². The molecule has 0 aromatic heterocycles. The number of aryl methyl sites for hydroxylation is 2. The Kier molecular flexibility index (Phi) is 3.42. The highest BCUT2D eigenvalue weighted by Gasteiger charge is 2.38. The fraction of sp³-hybridized carbons (Fsp3) is 0.667. The van der Waals surface area contributed by atoms with Crippen LogP contribution in [0, 0.1) is 11.8 Å². The minimum atomic E-state index is -0.473. The van der Waals surface area contributed by atoms with E-state index in [1.807, 2.05) is 0 Å². The summed E-state index contributed by atoms with van der Waals surface area (Å²) in [7, 11) is 0. The van der Waals surface area contributed by atoms with Crippen molar-refractivity contribution in [2.75, 3.05) is 0 Å². The van der Waals surface area contributed by atoms with Gasteiger partial charge < -0.3 is 5.11 Å². The van der Waals surface area contributed by atoms with Gasteiger partial charge in [-0.05, 0) is 67.1 Å². The molecule has 0 aliphatic heterocycles. The fourth-order valence-corrected chi connectivity index (χ4v) is 4.03. The number of rotatable bonds is 2. The summed E-state index contributed by atoms with van der Waals surface area (Å²) in [5, 5.41) is 11.0. The summed E-state index contributed by atoms with van der Waals surface area (Å²) in [5.74, 6) is 1.19. The molecule has 3 atom stereocenters. The molecule has 0 bridgehead atoms. The smallest absolute Gasteiger partial charge is 0.0713 e. The number of benzene rings is 1. The zero-order chi connectivity index (χ0) is 13.5. The summed E-state index contributed by atoms with van der Waals surface area (Å²) in [6, 6.07) is 6.88. The molecule has 0 radical (unpaired) electrons. The van der Waals surface area contributed by atoms with Gasteiger partial charge in [-0.1, -0.05) is 32.0 Å². The quantitative estimate of drug-likeness (QED) is 0.853. The highest BCUT2D eigenvalue weighted by atomic mass is 16.3. The van der Waals surface area contributed by atoms with Crippen molar-refractivity contribution in [1.82, 2.24) is 0 Å². The van der Waals surface area contributed by atoms with Crippen molar-refractivity contribution in [2.45, 2.75) is 64.4 Å². The van der Waals surface area contributed by atoms with E-state index in [4.69, 9.17) is 0 Å². The standard InChI is InChI=1S/C18H26O/c1-13-8-9-18(19,14(2)10-13)12-15-6-7-16-4-3-5-17(16)11-15/h6-7,11,13-14,19H,3-5,8-10,12H2,1-2H3. The lowest BCUT2D eigenvalue weighted by molar-refractivity contribution is -0.0522. The number of hydrogen-bond donors (Lipinski definition) is 1. The molecule has 1 aromatic carbocycles. The summed E-state index contributed by atoms with van der Waals surface area (Å²) in [5.41, 5.74) is 3.92. The molecule has 1 N–H and O–H groups in total. The van der Waals surface area contributed by atoms with Gasteiger partial charge in [0.2, 0.25) is 0 Å². The maximum Gasteiger partial charge on any atom is 0.0713 e. The largest absolute Gasteiger partial charge is 0.389 e. The Morgan fingerprint density at radius 1 is 1.21 bits per heavy atom. The normalized spacial score (nSPS) is 34.3. The summed E-state index contributed by atoms with van der Waals surface area (Å²) in [6.45, 7) is 4.54. The fourth-order valence-electron chi connectivity index (χ4n) is 4.03. The van der Waals surface area contributed by atoms with Crippen LogP contribution < -0.4 is 0 Å². The Hall–Kier alpha value is -0.820. The number of aliphatic hydroxyl groups is 1. The summed E-state index contributed by atoms with van der Waals surface area (Å²) in [6.07, 6.45) is 7.92. The molecule has 1 saturated carbocycles. The maximum absolute atomic E-state index is 11.0. The molecule has 0 saturated heterocycles. The zero-order valence-corrected chi connectivity index (χ0v) is 12.3. The van der Waals surface area contributed by atoms with Crippen molar-refractivity contribution in [3.05, 3.63) is 34.9 Å². The van der Waals surface area contributed by atoms with Crippen LogP contribution in [0.5, 0.6) is 0 Å². The molecule has 1 aromatic rings. The molecule has 104 valence electrons. The van der Waals surface area contributed by atoms with E-state index in [1.54, 1.807) is 0 Å². The van der Waals surface area contributed by atoms with Crippen LogP contribution in [0.1, 0.15) is 56.2 Å².